The Morgan fingerprint density at radius 1 is 0.294 bits per heavy atom. The van der Waals surface area contributed by atoms with Crippen molar-refractivity contribution in [1.29, 1.82) is 0 Å². The van der Waals surface area contributed by atoms with Gasteiger partial charge in [-0.2, -0.15) is 0 Å². The lowest BCUT2D eigenvalue weighted by molar-refractivity contribution is 1.07. The molecule has 14 rings (SSSR count). The summed E-state index contributed by atoms with van der Waals surface area (Å²) in [4.78, 5) is 16.1. The van der Waals surface area contributed by atoms with Gasteiger partial charge in [-0.15, -0.1) is 11.3 Å². The summed E-state index contributed by atoms with van der Waals surface area (Å²) < 4.78 is 4.95. The zero-order valence-corrected chi connectivity index (χ0v) is 37.5. The van der Waals surface area contributed by atoms with Gasteiger partial charge in [-0.05, 0) is 115 Å². The van der Waals surface area contributed by atoms with Crippen molar-refractivity contribution < 1.29 is 0 Å². The van der Waals surface area contributed by atoms with E-state index in [1.807, 2.05) is 11.3 Å². The van der Waals surface area contributed by atoms with Crippen LogP contribution in [0.3, 0.4) is 0 Å². The van der Waals surface area contributed by atoms with Crippen molar-refractivity contribution in [3.8, 4) is 62.1 Å². The molecule has 0 amide bonds. The molecule has 3 aromatic heterocycles. The Morgan fingerprint density at radius 3 is 1.59 bits per heavy atom. The topological polar surface area (TPSA) is 43.6 Å². The summed E-state index contributed by atoms with van der Waals surface area (Å²) in [5.41, 5.74) is 10.7. The molecule has 0 spiro atoms. The third-order valence-corrected chi connectivity index (χ3v) is 14.7. The van der Waals surface area contributed by atoms with Crippen LogP contribution in [0.25, 0.3) is 136 Å². The number of thiophene rings is 1. The fraction of sp³-hybridized carbons (Fsp3) is 0. The van der Waals surface area contributed by atoms with E-state index in [2.05, 4.69) is 235 Å². The van der Waals surface area contributed by atoms with Crippen LogP contribution in [-0.2, 0) is 0 Å². The molecular formula is C63H38N4S. The highest BCUT2D eigenvalue weighted by molar-refractivity contribution is 7.25. The maximum Gasteiger partial charge on any atom is 0.164 e. The zero-order chi connectivity index (χ0) is 44.7. The van der Waals surface area contributed by atoms with Gasteiger partial charge in [0.2, 0.25) is 0 Å². The van der Waals surface area contributed by atoms with Gasteiger partial charge in [0, 0.05) is 53.3 Å². The Bertz CT molecular complexity index is 4240. The van der Waals surface area contributed by atoms with Crippen molar-refractivity contribution >= 4 is 85.6 Å². The Hall–Kier alpha value is -8.77. The highest BCUT2D eigenvalue weighted by atomic mass is 32.1. The first-order valence-electron chi connectivity index (χ1n) is 23.0. The minimum absolute atomic E-state index is 0.615. The Morgan fingerprint density at radius 2 is 0.868 bits per heavy atom. The maximum absolute atomic E-state index is 5.43. The monoisotopic (exact) mass is 882 g/mol. The molecule has 4 nitrogen and oxygen atoms in total. The van der Waals surface area contributed by atoms with Gasteiger partial charge < -0.3 is 4.57 Å². The fourth-order valence-electron chi connectivity index (χ4n) is 10.4. The van der Waals surface area contributed by atoms with E-state index in [-0.39, 0.29) is 0 Å². The second-order valence-electron chi connectivity index (χ2n) is 17.6. The van der Waals surface area contributed by atoms with Crippen molar-refractivity contribution in [1.82, 2.24) is 19.5 Å². The standard InChI is InChI=1S/C63H38N4S/c1-2-16-41(17-3-1)49-23-12-25-55-59(49)54-36-44-20-8-9-21-45(44)37-56(54)67(55)48-32-33-51(53(38-48)50-24-13-27-58-60(50)52-22-10-11-26-57(52)68-58)63-65-61(46-30-28-39-14-4-6-18-42(39)34-46)64-62(66-63)47-31-29-40-15-5-7-19-43(40)35-47/h1-38H. The highest BCUT2D eigenvalue weighted by Crippen LogP contribution is 2.46. The zero-order valence-electron chi connectivity index (χ0n) is 36.6. The molecule has 0 atom stereocenters. The molecule has 0 aliphatic rings. The quantitative estimate of drug-likeness (QED) is 0.167. The third kappa shape index (κ3) is 6.24. The second kappa shape index (κ2) is 15.4. The van der Waals surface area contributed by atoms with Gasteiger partial charge in [0.05, 0.1) is 11.0 Å². The number of aromatic nitrogens is 4. The second-order valence-corrected chi connectivity index (χ2v) is 18.6. The summed E-state index contributed by atoms with van der Waals surface area (Å²) in [6, 6.07) is 83.1. The summed E-state index contributed by atoms with van der Waals surface area (Å²) >= 11 is 1.83. The fourth-order valence-corrected chi connectivity index (χ4v) is 11.5. The number of hydrogen-bond donors (Lipinski definition) is 0. The normalized spacial score (nSPS) is 11.8. The SMILES string of the molecule is c1ccc(-c2cccc3c2c2cc4ccccc4cc2n3-c2ccc(-c3nc(-c4ccc5ccccc5c4)nc(-c4ccc5ccccc5c4)n3)c(-c3cccc4sc5ccccc5c34)c2)cc1. The highest BCUT2D eigenvalue weighted by Gasteiger charge is 2.23. The molecular weight excluding hydrogens is 845 g/mol. The van der Waals surface area contributed by atoms with Crippen LogP contribution in [0.2, 0.25) is 0 Å². The number of benzene rings is 11. The molecule has 3 heterocycles. The van der Waals surface area contributed by atoms with E-state index in [1.54, 1.807) is 0 Å². The van der Waals surface area contributed by atoms with Crippen molar-refractivity contribution in [2.75, 3.05) is 0 Å². The van der Waals surface area contributed by atoms with Crippen LogP contribution < -0.4 is 0 Å². The molecule has 0 saturated carbocycles. The predicted molar refractivity (Wildman–Crippen MR) is 287 cm³/mol. The molecule has 11 aromatic carbocycles. The lowest BCUT2D eigenvalue weighted by Gasteiger charge is -2.17. The molecule has 0 aliphatic carbocycles. The smallest absolute Gasteiger partial charge is 0.164 e. The predicted octanol–water partition coefficient (Wildman–Crippen LogP) is 17.1. The van der Waals surface area contributed by atoms with Gasteiger partial charge in [-0.25, -0.2) is 15.0 Å². The van der Waals surface area contributed by atoms with Crippen LogP contribution >= 0.6 is 11.3 Å². The molecule has 0 N–H and O–H groups in total. The average molecular weight is 883 g/mol. The third-order valence-electron chi connectivity index (χ3n) is 13.6. The summed E-state index contributed by atoms with van der Waals surface area (Å²) in [5.74, 6) is 1.87. The van der Waals surface area contributed by atoms with E-state index >= 15 is 0 Å². The van der Waals surface area contributed by atoms with E-state index in [0.29, 0.717) is 17.5 Å². The molecule has 0 radical (unpaired) electrons. The molecule has 0 fully saturated rings. The number of fused-ring (bicyclic) bond motifs is 9. The van der Waals surface area contributed by atoms with Gasteiger partial charge in [0.1, 0.15) is 0 Å². The first-order chi connectivity index (χ1) is 33.7. The van der Waals surface area contributed by atoms with Gasteiger partial charge >= 0.3 is 0 Å². The molecule has 316 valence electrons. The number of nitrogens with zero attached hydrogens (tertiary/aromatic N) is 4. The Kier molecular flexibility index (Phi) is 8.73. The van der Waals surface area contributed by atoms with Gasteiger partial charge in [0.25, 0.3) is 0 Å². The van der Waals surface area contributed by atoms with Gasteiger partial charge in [0.15, 0.2) is 17.5 Å². The largest absolute Gasteiger partial charge is 0.309 e. The van der Waals surface area contributed by atoms with Crippen LogP contribution in [0.5, 0.6) is 0 Å². The molecule has 0 aliphatic heterocycles. The van der Waals surface area contributed by atoms with Crippen molar-refractivity contribution in [2.45, 2.75) is 0 Å². The molecule has 0 bridgehead atoms. The van der Waals surface area contributed by atoms with Crippen LogP contribution in [0, 0.1) is 0 Å². The van der Waals surface area contributed by atoms with E-state index in [4.69, 9.17) is 15.0 Å². The Balaban J connectivity index is 1.07. The van der Waals surface area contributed by atoms with Gasteiger partial charge in [-0.3, -0.25) is 0 Å². The average Bonchev–Trinajstić information content (AvgIpc) is 3.95. The lowest BCUT2D eigenvalue weighted by atomic mass is 9.94. The molecule has 5 heteroatoms. The summed E-state index contributed by atoms with van der Waals surface area (Å²) in [6.45, 7) is 0. The van der Waals surface area contributed by atoms with Crippen molar-refractivity contribution in [2.24, 2.45) is 0 Å². The van der Waals surface area contributed by atoms with E-state index in [0.717, 1.165) is 55.3 Å². The van der Waals surface area contributed by atoms with Crippen LogP contribution in [-0.4, -0.2) is 19.5 Å². The minimum Gasteiger partial charge on any atom is -0.309 e. The lowest BCUT2D eigenvalue weighted by Crippen LogP contribution is -2.02. The first kappa shape index (κ1) is 38.5. The molecule has 14 aromatic rings. The van der Waals surface area contributed by atoms with Crippen molar-refractivity contribution in [3.05, 3.63) is 231 Å². The van der Waals surface area contributed by atoms with Crippen molar-refractivity contribution in [3.63, 3.8) is 0 Å². The van der Waals surface area contributed by atoms with E-state index in [9.17, 15) is 0 Å². The Labute approximate surface area is 395 Å². The molecule has 0 saturated heterocycles. The summed E-state index contributed by atoms with van der Waals surface area (Å²) in [7, 11) is 0. The number of hydrogen-bond acceptors (Lipinski definition) is 4. The van der Waals surface area contributed by atoms with Crippen LogP contribution in [0.4, 0.5) is 0 Å². The summed E-state index contributed by atoms with van der Waals surface area (Å²) in [6.07, 6.45) is 0. The van der Waals surface area contributed by atoms with Crippen LogP contribution in [0.15, 0.2) is 231 Å². The molecule has 68 heavy (non-hydrogen) atoms. The van der Waals surface area contributed by atoms with E-state index in [1.165, 1.54) is 63.6 Å². The summed E-state index contributed by atoms with van der Waals surface area (Å²) in [5, 5.41) is 11.9. The first-order valence-corrected chi connectivity index (χ1v) is 23.8. The van der Waals surface area contributed by atoms with Gasteiger partial charge in [-0.1, -0.05) is 170 Å². The number of rotatable bonds is 6. The minimum atomic E-state index is 0.615. The molecule has 0 unspecified atom stereocenters. The van der Waals surface area contributed by atoms with Crippen LogP contribution in [0.1, 0.15) is 0 Å². The maximum atomic E-state index is 5.43. The van der Waals surface area contributed by atoms with E-state index < -0.39 is 0 Å².